The highest BCUT2D eigenvalue weighted by molar-refractivity contribution is 6.18. The number of hydrogen-bond donors (Lipinski definition) is 2. The largest absolute Gasteiger partial charge is 0.464 e. The number of carbonyl (C=O) groups is 3. The van der Waals surface area contributed by atoms with E-state index >= 15 is 0 Å². The summed E-state index contributed by atoms with van der Waals surface area (Å²) >= 11 is 11.7. The van der Waals surface area contributed by atoms with Crippen LogP contribution in [0.15, 0.2) is 24.3 Å². The fraction of sp³-hybridized carbons (Fsp3) is 0.526. The lowest BCUT2D eigenvalue weighted by atomic mass is 10.0. The van der Waals surface area contributed by atoms with Crippen molar-refractivity contribution >= 4 is 46.7 Å². The van der Waals surface area contributed by atoms with Crippen molar-refractivity contribution in [3.8, 4) is 0 Å². The maximum atomic E-state index is 12.2. The lowest BCUT2D eigenvalue weighted by Gasteiger charge is -2.23. The number of alkyl halides is 2. The lowest BCUT2D eigenvalue weighted by Crippen LogP contribution is -2.47. The number of ether oxygens (including phenoxy) is 1. The summed E-state index contributed by atoms with van der Waals surface area (Å²) in [4.78, 5) is 37.2. The smallest absolute Gasteiger partial charge is 0.328 e. The summed E-state index contributed by atoms with van der Waals surface area (Å²) in [5, 5.41) is 5.01. The zero-order chi connectivity index (χ0) is 20.9. The molecule has 28 heavy (non-hydrogen) atoms. The first kappa shape index (κ1) is 24.0. The van der Waals surface area contributed by atoms with E-state index in [2.05, 4.69) is 15.5 Å². The number of nitrogens with zero attached hydrogens (tertiary/aromatic N) is 1. The molecule has 1 rings (SSSR count). The highest BCUT2D eigenvalue weighted by Crippen LogP contribution is 2.17. The van der Waals surface area contributed by atoms with Crippen LogP contribution in [0.3, 0.4) is 0 Å². The highest BCUT2D eigenvalue weighted by atomic mass is 35.5. The van der Waals surface area contributed by atoms with Gasteiger partial charge in [0.1, 0.15) is 6.04 Å². The average molecular weight is 432 g/mol. The van der Waals surface area contributed by atoms with Crippen LogP contribution >= 0.6 is 23.2 Å². The molecular formula is C19H27Cl2N3O4. The maximum Gasteiger partial charge on any atom is 0.328 e. The highest BCUT2D eigenvalue weighted by Gasteiger charge is 2.22. The molecule has 0 aliphatic heterocycles. The van der Waals surface area contributed by atoms with Gasteiger partial charge in [0, 0.05) is 43.9 Å². The zero-order valence-electron chi connectivity index (χ0n) is 16.2. The Balaban J connectivity index is 2.82. The van der Waals surface area contributed by atoms with Crippen LogP contribution in [0.1, 0.15) is 19.4 Å². The number of anilines is 1. The number of benzene rings is 1. The number of carbonyl (C=O) groups excluding carboxylic acids is 3. The van der Waals surface area contributed by atoms with Gasteiger partial charge in [-0.1, -0.05) is 12.1 Å². The maximum absolute atomic E-state index is 12.2. The van der Waals surface area contributed by atoms with Gasteiger partial charge in [0.25, 0.3) is 0 Å². The summed E-state index contributed by atoms with van der Waals surface area (Å²) in [7, 11) is 0. The Kier molecular flexibility index (Phi) is 11.4. The van der Waals surface area contributed by atoms with Crippen LogP contribution in [0, 0.1) is 0 Å². The van der Waals surface area contributed by atoms with E-state index in [4.69, 9.17) is 27.9 Å². The first-order valence-corrected chi connectivity index (χ1v) is 10.1. The standard InChI is InChI=1S/C19H27Cl2N3O4/c1-3-28-19(27)17(23-18(26)13-22-14(2)25)12-15-4-6-16(7-5-15)24(10-8-20)11-9-21/h4-7,17H,3,8-13H2,1-2H3,(H,22,25)(H,23,26)/t17-/m0/s1. The first-order valence-electron chi connectivity index (χ1n) is 9.07. The lowest BCUT2D eigenvalue weighted by molar-refractivity contribution is -0.147. The van der Waals surface area contributed by atoms with E-state index < -0.39 is 17.9 Å². The van der Waals surface area contributed by atoms with Gasteiger partial charge >= 0.3 is 5.97 Å². The monoisotopic (exact) mass is 431 g/mol. The van der Waals surface area contributed by atoms with Gasteiger partial charge in [0.2, 0.25) is 11.8 Å². The normalized spacial score (nSPS) is 11.4. The molecule has 0 heterocycles. The minimum absolute atomic E-state index is 0.198. The molecule has 1 atom stereocenters. The predicted octanol–water partition coefficient (Wildman–Crippen LogP) is 1.70. The van der Waals surface area contributed by atoms with Crippen LogP contribution in [0.4, 0.5) is 5.69 Å². The van der Waals surface area contributed by atoms with Crippen molar-refractivity contribution in [3.63, 3.8) is 0 Å². The molecule has 0 unspecified atom stereocenters. The Labute approximate surface area is 175 Å². The predicted molar refractivity (Wildman–Crippen MR) is 111 cm³/mol. The van der Waals surface area contributed by atoms with E-state index in [1.54, 1.807) is 6.92 Å². The second kappa shape index (κ2) is 13.2. The Hall–Kier alpha value is -1.99. The third-order valence-electron chi connectivity index (χ3n) is 3.85. The minimum Gasteiger partial charge on any atom is -0.464 e. The van der Waals surface area contributed by atoms with Crippen molar-refractivity contribution in [1.29, 1.82) is 0 Å². The molecule has 0 saturated carbocycles. The fourth-order valence-corrected chi connectivity index (χ4v) is 2.95. The molecule has 0 bridgehead atoms. The van der Waals surface area contributed by atoms with Crippen LogP contribution in [-0.4, -0.2) is 61.8 Å². The first-order chi connectivity index (χ1) is 13.4. The van der Waals surface area contributed by atoms with E-state index in [-0.39, 0.29) is 25.5 Å². The van der Waals surface area contributed by atoms with Crippen molar-refractivity contribution in [1.82, 2.24) is 10.6 Å². The average Bonchev–Trinajstić information content (AvgIpc) is 2.66. The molecule has 0 radical (unpaired) electrons. The van der Waals surface area contributed by atoms with Crippen molar-refractivity contribution in [2.75, 3.05) is 42.9 Å². The van der Waals surface area contributed by atoms with E-state index in [0.29, 0.717) is 24.8 Å². The summed E-state index contributed by atoms with van der Waals surface area (Å²) in [5.41, 5.74) is 1.84. The molecule has 9 heteroatoms. The summed E-state index contributed by atoms with van der Waals surface area (Å²) in [6.07, 6.45) is 0.274. The summed E-state index contributed by atoms with van der Waals surface area (Å²) in [5.74, 6) is -0.320. The Morgan fingerprint density at radius 2 is 1.71 bits per heavy atom. The van der Waals surface area contributed by atoms with E-state index in [1.807, 2.05) is 24.3 Å². The van der Waals surface area contributed by atoms with E-state index in [0.717, 1.165) is 11.3 Å². The molecule has 1 aromatic rings. The summed E-state index contributed by atoms with van der Waals surface area (Å²) in [6.45, 7) is 4.38. The van der Waals surface area contributed by atoms with Crippen LogP contribution in [0.25, 0.3) is 0 Å². The molecule has 0 fully saturated rings. The minimum atomic E-state index is -0.839. The van der Waals surface area contributed by atoms with Crippen molar-refractivity contribution in [2.45, 2.75) is 26.3 Å². The molecule has 0 aliphatic carbocycles. The van der Waals surface area contributed by atoms with Gasteiger partial charge in [-0.25, -0.2) is 4.79 Å². The van der Waals surface area contributed by atoms with Crippen LogP contribution in [-0.2, 0) is 25.5 Å². The number of hydrogen-bond acceptors (Lipinski definition) is 5. The third-order valence-corrected chi connectivity index (χ3v) is 4.19. The molecule has 0 aliphatic rings. The van der Waals surface area contributed by atoms with Crippen LogP contribution in [0.2, 0.25) is 0 Å². The number of esters is 1. The Morgan fingerprint density at radius 3 is 2.21 bits per heavy atom. The van der Waals surface area contributed by atoms with Gasteiger partial charge in [-0.3, -0.25) is 9.59 Å². The van der Waals surface area contributed by atoms with Gasteiger partial charge < -0.3 is 20.3 Å². The molecule has 2 amide bonds. The Morgan fingerprint density at radius 1 is 1.11 bits per heavy atom. The molecule has 2 N–H and O–H groups in total. The number of rotatable bonds is 12. The molecular weight excluding hydrogens is 405 g/mol. The number of halogens is 2. The SMILES string of the molecule is CCOC(=O)[C@H](Cc1ccc(N(CCCl)CCCl)cc1)NC(=O)CNC(C)=O. The second-order valence-corrected chi connectivity index (χ2v) is 6.77. The quantitative estimate of drug-likeness (QED) is 0.388. The van der Waals surface area contributed by atoms with Crippen LogP contribution in [0.5, 0.6) is 0 Å². The second-order valence-electron chi connectivity index (χ2n) is 6.02. The molecule has 1 aromatic carbocycles. The molecule has 7 nitrogen and oxygen atoms in total. The van der Waals surface area contributed by atoms with Crippen LogP contribution < -0.4 is 15.5 Å². The van der Waals surface area contributed by atoms with Gasteiger partial charge in [-0.05, 0) is 24.6 Å². The molecule has 156 valence electrons. The molecule has 0 spiro atoms. The van der Waals surface area contributed by atoms with Gasteiger partial charge in [0.05, 0.1) is 13.2 Å². The Bertz CT molecular complexity index is 635. The molecule has 0 saturated heterocycles. The van der Waals surface area contributed by atoms with Gasteiger partial charge in [-0.2, -0.15) is 0 Å². The molecule has 0 aromatic heterocycles. The fourth-order valence-electron chi connectivity index (χ4n) is 2.54. The van der Waals surface area contributed by atoms with E-state index in [9.17, 15) is 14.4 Å². The topological polar surface area (TPSA) is 87.7 Å². The van der Waals surface area contributed by atoms with E-state index in [1.165, 1.54) is 6.92 Å². The number of amides is 2. The van der Waals surface area contributed by atoms with Crippen molar-refractivity contribution in [3.05, 3.63) is 29.8 Å². The number of nitrogens with one attached hydrogen (secondary N) is 2. The summed E-state index contributed by atoms with van der Waals surface area (Å²) < 4.78 is 5.05. The van der Waals surface area contributed by atoms with Crippen molar-refractivity contribution in [2.24, 2.45) is 0 Å². The third kappa shape index (κ3) is 8.80. The zero-order valence-corrected chi connectivity index (χ0v) is 17.7. The van der Waals surface area contributed by atoms with Gasteiger partial charge in [0.15, 0.2) is 0 Å². The van der Waals surface area contributed by atoms with Gasteiger partial charge in [-0.15, -0.1) is 23.2 Å². The van der Waals surface area contributed by atoms with Crippen molar-refractivity contribution < 1.29 is 19.1 Å². The summed E-state index contributed by atoms with van der Waals surface area (Å²) in [6, 6.07) is 6.79.